The molecule has 8 heteroatoms. The van der Waals surface area contributed by atoms with Gasteiger partial charge in [-0.1, -0.05) is 17.3 Å². The van der Waals surface area contributed by atoms with E-state index < -0.39 is 0 Å². The molecule has 1 amide bonds. The van der Waals surface area contributed by atoms with Crippen LogP contribution in [-0.4, -0.2) is 39.0 Å². The summed E-state index contributed by atoms with van der Waals surface area (Å²) in [6.45, 7) is 3.16. The molecule has 3 heterocycles. The Morgan fingerprint density at radius 1 is 1.24 bits per heavy atom. The number of aromatic nitrogens is 3. The SMILES string of the molecule is CC(=O)N1CCCC(c2noc(COc3cccc(Oc4ccccn4)c3)n2)C1. The number of amides is 1. The Balaban J connectivity index is 1.35. The molecular weight excluding hydrogens is 372 g/mol. The van der Waals surface area contributed by atoms with Gasteiger partial charge in [0.15, 0.2) is 12.4 Å². The van der Waals surface area contributed by atoms with E-state index in [4.69, 9.17) is 14.0 Å². The normalized spacial score (nSPS) is 16.4. The van der Waals surface area contributed by atoms with Crippen molar-refractivity contribution in [3.63, 3.8) is 0 Å². The monoisotopic (exact) mass is 394 g/mol. The molecule has 1 aliphatic rings. The van der Waals surface area contributed by atoms with Gasteiger partial charge in [-0.2, -0.15) is 4.98 Å². The second-order valence-corrected chi connectivity index (χ2v) is 6.88. The molecular formula is C21H22N4O4. The van der Waals surface area contributed by atoms with E-state index in [0.717, 1.165) is 19.4 Å². The molecule has 0 bridgehead atoms. The van der Waals surface area contributed by atoms with Crippen LogP contribution >= 0.6 is 0 Å². The summed E-state index contributed by atoms with van der Waals surface area (Å²) in [5.74, 6) is 2.96. The first-order chi connectivity index (χ1) is 14.2. The number of hydrogen-bond donors (Lipinski definition) is 0. The van der Waals surface area contributed by atoms with Crippen LogP contribution < -0.4 is 9.47 Å². The van der Waals surface area contributed by atoms with Crippen molar-refractivity contribution in [3.05, 3.63) is 60.4 Å². The van der Waals surface area contributed by atoms with Crippen LogP contribution in [0.1, 0.15) is 37.4 Å². The number of rotatable bonds is 6. The predicted molar refractivity (Wildman–Crippen MR) is 104 cm³/mol. The molecule has 0 spiro atoms. The zero-order valence-electron chi connectivity index (χ0n) is 16.2. The van der Waals surface area contributed by atoms with E-state index in [1.165, 1.54) is 0 Å². The largest absolute Gasteiger partial charge is 0.484 e. The van der Waals surface area contributed by atoms with Gasteiger partial charge in [0, 0.05) is 44.3 Å². The first-order valence-corrected chi connectivity index (χ1v) is 9.57. The highest BCUT2D eigenvalue weighted by Crippen LogP contribution is 2.26. The molecule has 0 radical (unpaired) electrons. The Bertz CT molecular complexity index is 960. The van der Waals surface area contributed by atoms with E-state index in [2.05, 4.69) is 15.1 Å². The smallest absolute Gasteiger partial charge is 0.264 e. The van der Waals surface area contributed by atoms with Gasteiger partial charge in [-0.25, -0.2) is 4.98 Å². The van der Waals surface area contributed by atoms with Crippen LogP contribution in [0.15, 0.2) is 53.2 Å². The summed E-state index contributed by atoms with van der Waals surface area (Å²) >= 11 is 0. The fourth-order valence-corrected chi connectivity index (χ4v) is 3.27. The first-order valence-electron chi connectivity index (χ1n) is 9.57. The number of benzene rings is 1. The number of ether oxygens (including phenoxy) is 2. The van der Waals surface area contributed by atoms with Crippen molar-refractivity contribution in [2.24, 2.45) is 0 Å². The maximum absolute atomic E-state index is 11.6. The molecule has 0 aliphatic carbocycles. The summed E-state index contributed by atoms with van der Waals surface area (Å²) in [6.07, 6.45) is 3.55. The Kier molecular flexibility index (Phi) is 5.69. The van der Waals surface area contributed by atoms with E-state index in [-0.39, 0.29) is 18.4 Å². The molecule has 1 unspecified atom stereocenters. The van der Waals surface area contributed by atoms with Crippen molar-refractivity contribution >= 4 is 5.91 Å². The van der Waals surface area contributed by atoms with E-state index in [0.29, 0.717) is 35.6 Å². The van der Waals surface area contributed by atoms with Crippen LogP contribution in [-0.2, 0) is 11.4 Å². The molecule has 1 atom stereocenters. The standard InChI is InChI=1S/C21H22N4O4/c1-15(26)25-11-5-6-16(13-25)21-23-20(29-24-21)14-27-17-7-4-8-18(12-17)28-19-9-2-3-10-22-19/h2-4,7-10,12,16H,5-6,11,13-14H2,1H3. The van der Waals surface area contributed by atoms with Crippen LogP contribution in [0.3, 0.4) is 0 Å². The molecule has 29 heavy (non-hydrogen) atoms. The maximum Gasteiger partial charge on any atom is 0.264 e. The van der Waals surface area contributed by atoms with Crippen molar-refractivity contribution in [1.29, 1.82) is 0 Å². The summed E-state index contributed by atoms with van der Waals surface area (Å²) < 4.78 is 16.8. The molecule has 1 aliphatic heterocycles. The molecule has 3 aromatic rings. The number of nitrogens with zero attached hydrogens (tertiary/aromatic N) is 4. The van der Waals surface area contributed by atoms with Crippen LogP contribution in [0, 0.1) is 0 Å². The Labute approximate surface area is 168 Å². The van der Waals surface area contributed by atoms with Gasteiger partial charge in [0.2, 0.25) is 11.8 Å². The van der Waals surface area contributed by atoms with Gasteiger partial charge >= 0.3 is 0 Å². The molecule has 2 aromatic heterocycles. The predicted octanol–water partition coefficient (Wildman–Crippen LogP) is 3.56. The van der Waals surface area contributed by atoms with Gasteiger partial charge in [0.1, 0.15) is 11.5 Å². The lowest BCUT2D eigenvalue weighted by Gasteiger charge is -2.30. The number of carbonyl (C=O) groups excluding carboxylic acids is 1. The third kappa shape index (κ3) is 4.90. The number of likely N-dealkylation sites (tertiary alicyclic amines) is 1. The van der Waals surface area contributed by atoms with Crippen LogP contribution in [0.2, 0.25) is 0 Å². The molecule has 8 nitrogen and oxygen atoms in total. The van der Waals surface area contributed by atoms with Gasteiger partial charge in [0.05, 0.1) is 0 Å². The minimum absolute atomic E-state index is 0.0783. The minimum Gasteiger partial charge on any atom is -0.484 e. The second-order valence-electron chi connectivity index (χ2n) is 6.88. The van der Waals surface area contributed by atoms with Crippen LogP contribution in [0.5, 0.6) is 17.4 Å². The highest BCUT2D eigenvalue weighted by atomic mass is 16.5. The van der Waals surface area contributed by atoms with Crippen LogP contribution in [0.25, 0.3) is 0 Å². The van der Waals surface area contributed by atoms with Crippen molar-refractivity contribution in [2.45, 2.75) is 32.3 Å². The Hall–Kier alpha value is -3.42. The third-order valence-electron chi connectivity index (χ3n) is 4.74. The van der Waals surface area contributed by atoms with E-state index in [1.54, 1.807) is 25.3 Å². The molecule has 150 valence electrons. The van der Waals surface area contributed by atoms with Crippen molar-refractivity contribution in [2.75, 3.05) is 13.1 Å². The first kappa shape index (κ1) is 18.9. The highest BCUT2D eigenvalue weighted by molar-refractivity contribution is 5.73. The Morgan fingerprint density at radius 2 is 2.14 bits per heavy atom. The molecule has 1 fully saturated rings. The highest BCUT2D eigenvalue weighted by Gasteiger charge is 2.26. The summed E-state index contributed by atoms with van der Waals surface area (Å²) in [5, 5.41) is 4.08. The van der Waals surface area contributed by atoms with Gasteiger partial charge < -0.3 is 18.9 Å². The van der Waals surface area contributed by atoms with E-state index in [1.807, 2.05) is 35.2 Å². The van der Waals surface area contributed by atoms with Gasteiger partial charge in [-0.3, -0.25) is 4.79 Å². The molecule has 0 saturated carbocycles. The summed E-state index contributed by atoms with van der Waals surface area (Å²) in [6, 6.07) is 12.7. The molecule has 4 rings (SSSR count). The lowest BCUT2D eigenvalue weighted by molar-refractivity contribution is -0.130. The zero-order chi connectivity index (χ0) is 20.1. The van der Waals surface area contributed by atoms with Crippen molar-refractivity contribution in [3.8, 4) is 17.4 Å². The number of carbonyl (C=O) groups is 1. The fraction of sp³-hybridized carbons (Fsp3) is 0.333. The lowest BCUT2D eigenvalue weighted by atomic mass is 9.97. The average molecular weight is 394 g/mol. The Morgan fingerprint density at radius 3 is 2.97 bits per heavy atom. The van der Waals surface area contributed by atoms with Gasteiger partial charge in [-0.05, 0) is 31.0 Å². The summed E-state index contributed by atoms with van der Waals surface area (Å²) in [5.41, 5.74) is 0. The number of pyridine rings is 1. The van der Waals surface area contributed by atoms with Gasteiger partial charge in [0.25, 0.3) is 5.89 Å². The summed E-state index contributed by atoms with van der Waals surface area (Å²) in [7, 11) is 0. The molecule has 0 N–H and O–H groups in total. The maximum atomic E-state index is 11.6. The van der Waals surface area contributed by atoms with E-state index >= 15 is 0 Å². The summed E-state index contributed by atoms with van der Waals surface area (Å²) in [4.78, 5) is 22.0. The lowest BCUT2D eigenvalue weighted by Crippen LogP contribution is -2.37. The number of piperidine rings is 1. The van der Waals surface area contributed by atoms with Crippen LogP contribution in [0.4, 0.5) is 0 Å². The van der Waals surface area contributed by atoms with E-state index in [9.17, 15) is 4.79 Å². The van der Waals surface area contributed by atoms with Crippen molar-refractivity contribution < 1.29 is 18.8 Å². The average Bonchev–Trinajstić information content (AvgIpc) is 3.23. The topological polar surface area (TPSA) is 90.6 Å². The van der Waals surface area contributed by atoms with Crippen molar-refractivity contribution in [1.82, 2.24) is 20.0 Å². The quantitative estimate of drug-likeness (QED) is 0.631. The minimum atomic E-state index is 0.0783. The molecule has 1 saturated heterocycles. The zero-order valence-corrected chi connectivity index (χ0v) is 16.2. The number of hydrogen-bond acceptors (Lipinski definition) is 7. The van der Waals surface area contributed by atoms with Gasteiger partial charge in [-0.15, -0.1) is 0 Å². The second kappa shape index (κ2) is 8.72. The fourth-order valence-electron chi connectivity index (χ4n) is 3.27. The third-order valence-corrected chi connectivity index (χ3v) is 4.74. The molecule has 1 aromatic carbocycles.